The number of ether oxygens (including phenoxy) is 1. The van der Waals surface area contributed by atoms with E-state index in [0.717, 1.165) is 11.1 Å². The number of amides is 1. The van der Waals surface area contributed by atoms with E-state index in [1.165, 1.54) is 12.1 Å². The maximum atomic E-state index is 12.7. The van der Waals surface area contributed by atoms with E-state index in [-0.39, 0.29) is 16.9 Å². The first-order valence-electron chi connectivity index (χ1n) is 8.88. The predicted octanol–water partition coefficient (Wildman–Crippen LogP) is 2.97. The first-order chi connectivity index (χ1) is 12.8. The number of benzene rings is 2. The highest BCUT2D eigenvalue weighted by atomic mass is 32.2. The van der Waals surface area contributed by atoms with Crippen molar-refractivity contribution in [3.63, 3.8) is 0 Å². The third-order valence-electron chi connectivity index (χ3n) is 4.79. The van der Waals surface area contributed by atoms with E-state index < -0.39 is 10.0 Å². The largest absolute Gasteiger partial charge is 0.375 e. The van der Waals surface area contributed by atoms with E-state index in [1.54, 1.807) is 23.1 Å². The average Bonchev–Trinajstić information content (AvgIpc) is 2.65. The molecule has 2 aromatic rings. The molecule has 1 heterocycles. The third-order valence-corrected chi connectivity index (χ3v) is 6.17. The Morgan fingerprint density at radius 2 is 1.85 bits per heavy atom. The highest BCUT2D eigenvalue weighted by Crippen LogP contribution is 2.22. The number of rotatable bonds is 4. The fourth-order valence-corrected chi connectivity index (χ4v) is 4.15. The van der Waals surface area contributed by atoms with Gasteiger partial charge in [-0.25, -0.2) is 8.42 Å². The van der Waals surface area contributed by atoms with Gasteiger partial charge in [0, 0.05) is 18.7 Å². The summed E-state index contributed by atoms with van der Waals surface area (Å²) in [5.41, 5.74) is 2.91. The molecule has 27 heavy (non-hydrogen) atoms. The Bertz CT molecular complexity index is 939. The normalized spacial score (nSPS) is 17.6. The van der Waals surface area contributed by atoms with Crippen LogP contribution in [0.25, 0.3) is 0 Å². The molecule has 6 nitrogen and oxygen atoms in total. The van der Waals surface area contributed by atoms with Gasteiger partial charge in [0.1, 0.15) is 0 Å². The van der Waals surface area contributed by atoms with Crippen LogP contribution >= 0.6 is 0 Å². The molecule has 144 valence electrons. The molecule has 1 atom stereocenters. The minimum Gasteiger partial charge on any atom is -0.375 e. The molecule has 1 aliphatic rings. The predicted molar refractivity (Wildman–Crippen MR) is 104 cm³/mol. The van der Waals surface area contributed by atoms with Crippen LogP contribution in [0, 0.1) is 13.8 Å². The van der Waals surface area contributed by atoms with Crippen molar-refractivity contribution < 1.29 is 17.9 Å². The van der Waals surface area contributed by atoms with Crippen LogP contribution in [0.3, 0.4) is 0 Å². The van der Waals surface area contributed by atoms with Crippen LogP contribution in [-0.4, -0.2) is 45.0 Å². The third kappa shape index (κ3) is 4.31. The van der Waals surface area contributed by atoms with E-state index in [1.807, 2.05) is 32.9 Å². The average molecular weight is 388 g/mol. The minimum absolute atomic E-state index is 0.00381. The summed E-state index contributed by atoms with van der Waals surface area (Å²) in [4.78, 5) is 14.4. The number of carbonyl (C=O) groups excluding carboxylic acids is 1. The first kappa shape index (κ1) is 19.4. The van der Waals surface area contributed by atoms with E-state index in [4.69, 9.17) is 4.74 Å². The minimum atomic E-state index is -3.72. The fraction of sp³-hybridized carbons (Fsp3) is 0.350. The summed E-state index contributed by atoms with van der Waals surface area (Å²) >= 11 is 0. The molecule has 7 heteroatoms. The zero-order valence-electron chi connectivity index (χ0n) is 15.7. The highest BCUT2D eigenvalue weighted by Gasteiger charge is 2.23. The zero-order valence-corrected chi connectivity index (χ0v) is 16.5. The molecule has 1 fully saturated rings. The summed E-state index contributed by atoms with van der Waals surface area (Å²) in [5, 5.41) is 0. The number of morpholine rings is 1. The molecule has 0 spiro atoms. The van der Waals surface area contributed by atoms with Crippen molar-refractivity contribution >= 4 is 21.6 Å². The summed E-state index contributed by atoms with van der Waals surface area (Å²) in [6.45, 7) is 7.32. The molecule has 1 amide bonds. The Kier molecular flexibility index (Phi) is 5.53. The SMILES string of the molecule is Cc1cccc(NS(=O)(=O)c2ccc(C(=O)N3CCOC(C)C3)cc2)c1C. The lowest BCUT2D eigenvalue weighted by Gasteiger charge is -2.31. The second kappa shape index (κ2) is 7.70. The summed E-state index contributed by atoms with van der Waals surface area (Å²) < 4.78 is 33.4. The standard InChI is InChI=1S/C20H24N2O4S/c1-14-5-4-6-19(16(14)3)21-27(24,25)18-9-7-17(8-10-18)20(23)22-11-12-26-15(2)13-22/h4-10,15,21H,11-13H2,1-3H3. The monoisotopic (exact) mass is 388 g/mol. The van der Waals surface area contributed by atoms with Gasteiger partial charge in [0.25, 0.3) is 15.9 Å². The lowest BCUT2D eigenvalue weighted by molar-refractivity contribution is -0.0124. The molecule has 1 N–H and O–H groups in total. The van der Waals surface area contributed by atoms with Gasteiger partial charge in [-0.05, 0) is 62.2 Å². The lowest BCUT2D eigenvalue weighted by Crippen LogP contribution is -2.44. The summed E-state index contributed by atoms with van der Waals surface area (Å²) in [6.07, 6.45) is 0.00381. The van der Waals surface area contributed by atoms with Gasteiger partial charge in [-0.3, -0.25) is 9.52 Å². The van der Waals surface area contributed by atoms with Gasteiger partial charge >= 0.3 is 0 Å². The highest BCUT2D eigenvalue weighted by molar-refractivity contribution is 7.92. The number of carbonyl (C=O) groups is 1. The van der Waals surface area contributed by atoms with Crippen LogP contribution < -0.4 is 4.72 Å². The number of hydrogen-bond acceptors (Lipinski definition) is 4. The molecule has 1 unspecified atom stereocenters. The lowest BCUT2D eigenvalue weighted by atomic mass is 10.1. The smallest absolute Gasteiger partial charge is 0.261 e. The van der Waals surface area contributed by atoms with Gasteiger partial charge in [0.05, 0.1) is 23.3 Å². The van der Waals surface area contributed by atoms with Crippen LogP contribution in [0.2, 0.25) is 0 Å². The maximum Gasteiger partial charge on any atom is 0.261 e. The fourth-order valence-electron chi connectivity index (χ4n) is 3.03. The molecule has 0 aliphatic carbocycles. The summed E-state index contributed by atoms with van der Waals surface area (Å²) in [7, 11) is -3.72. The van der Waals surface area contributed by atoms with Crippen molar-refractivity contribution in [3.8, 4) is 0 Å². The van der Waals surface area contributed by atoms with Gasteiger partial charge in [0.2, 0.25) is 0 Å². The van der Waals surface area contributed by atoms with Crippen LogP contribution in [-0.2, 0) is 14.8 Å². The number of nitrogens with zero attached hydrogens (tertiary/aromatic N) is 1. The van der Waals surface area contributed by atoms with Gasteiger partial charge < -0.3 is 9.64 Å². The quantitative estimate of drug-likeness (QED) is 0.874. The second-order valence-corrected chi connectivity index (χ2v) is 8.49. The molecule has 2 aromatic carbocycles. The van der Waals surface area contributed by atoms with Gasteiger partial charge in [-0.15, -0.1) is 0 Å². The number of anilines is 1. The molecule has 1 aliphatic heterocycles. The van der Waals surface area contributed by atoms with Crippen molar-refractivity contribution in [3.05, 3.63) is 59.2 Å². The molecule has 0 saturated carbocycles. The van der Waals surface area contributed by atoms with Crippen molar-refractivity contribution in [2.45, 2.75) is 31.8 Å². The first-order valence-corrected chi connectivity index (χ1v) is 10.4. The van der Waals surface area contributed by atoms with E-state index in [9.17, 15) is 13.2 Å². The Morgan fingerprint density at radius 3 is 2.52 bits per heavy atom. The van der Waals surface area contributed by atoms with Crippen LogP contribution in [0.15, 0.2) is 47.4 Å². The van der Waals surface area contributed by atoms with Crippen LogP contribution in [0.5, 0.6) is 0 Å². The van der Waals surface area contributed by atoms with Crippen molar-refractivity contribution in [2.24, 2.45) is 0 Å². The van der Waals surface area contributed by atoms with Crippen molar-refractivity contribution in [1.82, 2.24) is 4.90 Å². The Hall–Kier alpha value is -2.38. The number of aryl methyl sites for hydroxylation is 1. The summed E-state index contributed by atoms with van der Waals surface area (Å²) in [6, 6.07) is 11.5. The van der Waals surface area contributed by atoms with Gasteiger partial charge in [0.15, 0.2) is 0 Å². The molecule has 0 bridgehead atoms. The molecular formula is C20H24N2O4S. The molecule has 0 radical (unpaired) electrons. The maximum absolute atomic E-state index is 12.7. The topological polar surface area (TPSA) is 75.7 Å². The summed E-state index contributed by atoms with van der Waals surface area (Å²) in [5.74, 6) is -0.114. The Balaban J connectivity index is 1.77. The number of hydrogen-bond donors (Lipinski definition) is 1. The molecule has 1 saturated heterocycles. The number of sulfonamides is 1. The molecule has 3 rings (SSSR count). The van der Waals surface area contributed by atoms with Crippen molar-refractivity contribution in [1.29, 1.82) is 0 Å². The van der Waals surface area contributed by atoms with Gasteiger partial charge in [-0.1, -0.05) is 12.1 Å². The van der Waals surface area contributed by atoms with Crippen LogP contribution in [0.4, 0.5) is 5.69 Å². The number of nitrogens with one attached hydrogen (secondary N) is 1. The Morgan fingerprint density at radius 1 is 1.15 bits per heavy atom. The Labute approximate surface area is 160 Å². The molecule has 0 aromatic heterocycles. The zero-order chi connectivity index (χ0) is 19.6. The van der Waals surface area contributed by atoms with Crippen LogP contribution in [0.1, 0.15) is 28.4 Å². The van der Waals surface area contributed by atoms with E-state index in [2.05, 4.69) is 4.72 Å². The second-order valence-electron chi connectivity index (χ2n) is 6.81. The van der Waals surface area contributed by atoms with Gasteiger partial charge in [-0.2, -0.15) is 0 Å². The molecular weight excluding hydrogens is 364 g/mol. The van der Waals surface area contributed by atoms with Crippen molar-refractivity contribution in [2.75, 3.05) is 24.4 Å². The van der Waals surface area contributed by atoms with E-state index >= 15 is 0 Å². The van der Waals surface area contributed by atoms with E-state index in [0.29, 0.717) is 30.9 Å².